The van der Waals surface area contributed by atoms with Crippen molar-refractivity contribution in [2.45, 2.75) is 43.5 Å². The highest BCUT2D eigenvalue weighted by Crippen LogP contribution is 2.26. The summed E-state index contributed by atoms with van der Waals surface area (Å²) in [4.78, 5) is 10.3. The van der Waals surface area contributed by atoms with Crippen molar-refractivity contribution in [1.29, 1.82) is 0 Å². The van der Waals surface area contributed by atoms with Crippen molar-refractivity contribution >= 4 is 15.7 Å². The first-order valence-electron chi connectivity index (χ1n) is 7.32. The van der Waals surface area contributed by atoms with Gasteiger partial charge < -0.3 is 5.73 Å². The van der Waals surface area contributed by atoms with E-state index in [1.165, 1.54) is 18.2 Å². The lowest BCUT2D eigenvalue weighted by molar-refractivity contribution is -0.385. The summed E-state index contributed by atoms with van der Waals surface area (Å²) in [6, 6.07) is 3.60. The molecule has 1 aliphatic carbocycles. The Morgan fingerprint density at radius 1 is 1.36 bits per heavy atom. The molecule has 8 heteroatoms. The molecule has 1 aliphatic rings. The Morgan fingerprint density at radius 2 is 2.05 bits per heavy atom. The fourth-order valence-electron chi connectivity index (χ4n) is 2.96. The van der Waals surface area contributed by atoms with Gasteiger partial charge in [0.05, 0.1) is 9.82 Å². The van der Waals surface area contributed by atoms with E-state index in [9.17, 15) is 18.5 Å². The van der Waals surface area contributed by atoms with Crippen molar-refractivity contribution < 1.29 is 13.3 Å². The van der Waals surface area contributed by atoms with Gasteiger partial charge in [-0.25, -0.2) is 13.1 Å². The maximum absolute atomic E-state index is 12.5. The summed E-state index contributed by atoms with van der Waals surface area (Å²) in [7, 11) is -3.70. The van der Waals surface area contributed by atoms with Crippen molar-refractivity contribution in [2.75, 3.05) is 6.54 Å². The van der Waals surface area contributed by atoms with E-state index in [4.69, 9.17) is 5.73 Å². The molecular formula is C14H21N3O4S. The van der Waals surface area contributed by atoms with Gasteiger partial charge in [-0.15, -0.1) is 0 Å². The molecule has 122 valence electrons. The minimum Gasteiger partial charge on any atom is -0.330 e. The minimum absolute atomic E-state index is 0.0828. The van der Waals surface area contributed by atoms with Crippen molar-refractivity contribution in [3.05, 3.63) is 33.9 Å². The summed E-state index contributed by atoms with van der Waals surface area (Å²) in [5.41, 5.74) is 5.97. The molecule has 0 spiro atoms. The topological polar surface area (TPSA) is 115 Å². The molecule has 1 fully saturated rings. The molecule has 7 nitrogen and oxygen atoms in total. The lowest BCUT2D eigenvalue weighted by Crippen LogP contribution is -2.44. The van der Waals surface area contributed by atoms with Gasteiger partial charge in [-0.05, 0) is 43.9 Å². The predicted octanol–water partition coefficient (Wildman–Crippen LogP) is 1.70. The Balaban J connectivity index is 2.24. The second-order valence-corrected chi connectivity index (χ2v) is 7.40. The Morgan fingerprint density at radius 3 is 2.64 bits per heavy atom. The van der Waals surface area contributed by atoms with Crippen molar-refractivity contribution in [2.24, 2.45) is 11.7 Å². The number of nitro benzene ring substituents is 1. The van der Waals surface area contributed by atoms with E-state index in [1.807, 2.05) is 0 Å². The first-order chi connectivity index (χ1) is 10.3. The third-order valence-electron chi connectivity index (χ3n) is 4.18. The van der Waals surface area contributed by atoms with Crippen LogP contribution in [0.5, 0.6) is 0 Å². The lowest BCUT2D eigenvalue weighted by atomic mass is 9.85. The number of sulfonamides is 1. The highest BCUT2D eigenvalue weighted by molar-refractivity contribution is 7.89. The van der Waals surface area contributed by atoms with Crippen LogP contribution in [0.25, 0.3) is 0 Å². The van der Waals surface area contributed by atoms with E-state index >= 15 is 0 Å². The van der Waals surface area contributed by atoms with Crippen LogP contribution in [-0.4, -0.2) is 25.9 Å². The quantitative estimate of drug-likeness (QED) is 0.631. The molecule has 0 amide bonds. The van der Waals surface area contributed by atoms with Crippen LogP contribution >= 0.6 is 0 Å². The molecule has 1 aromatic carbocycles. The van der Waals surface area contributed by atoms with Gasteiger partial charge in [0.25, 0.3) is 5.69 Å². The Kier molecular flexibility index (Phi) is 5.15. The summed E-state index contributed by atoms with van der Waals surface area (Å²) in [6.07, 6.45) is 3.73. The summed E-state index contributed by atoms with van der Waals surface area (Å²) < 4.78 is 27.8. The average molecular weight is 327 g/mol. The second-order valence-electron chi connectivity index (χ2n) is 5.71. The van der Waals surface area contributed by atoms with Crippen LogP contribution in [0.4, 0.5) is 5.69 Å². The molecule has 22 heavy (non-hydrogen) atoms. The van der Waals surface area contributed by atoms with E-state index in [0.29, 0.717) is 12.1 Å². The molecule has 0 saturated heterocycles. The molecular weight excluding hydrogens is 306 g/mol. The number of nitrogens with two attached hydrogens (primary N) is 1. The van der Waals surface area contributed by atoms with Gasteiger partial charge in [0.1, 0.15) is 0 Å². The third-order valence-corrected chi connectivity index (χ3v) is 5.83. The van der Waals surface area contributed by atoms with Gasteiger partial charge in [-0.2, -0.15) is 0 Å². The SMILES string of the molecule is Cc1cc([N+](=O)[O-])ccc1S(=O)(=O)NC1CCCCC1CN. The summed E-state index contributed by atoms with van der Waals surface area (Å²) in [5.74, 6) is 0.141. The standard InChI is InChI=1S/C14H21N3O4S/c1-10-8-12(17(18)19)6-7-14(10)22(20,21)16-13-5-3-2-4-11(13)9-15/h6-8,11,13,16H,2-5,9,15H2,1H3. The summed E-state index contributed by atoms with van der Waals surface area (Å²) in [5, 5.41) is 10.7. The first-order valence-corrected chi connectivity index (χ1v) is 8.81. The highest BCUT2D eigenvalue weighted by atomic mass is 32.2. The van der Waals surface area contributed by atoms with Crippen LogP contribution in [0.15, 0.2) is 23.1 Å². The van der Waals surface area contributed by atoms with E-state index in [0.717, 1.165) is 25.7 Å². The molecule has 2 atom stereocenters. The zero-order chi connectivity index (χ0) is 16.3. The average Bonchev–Trinajstić information content (AvgIpc) is 2.46. The number of non-ortho nitro benzene ring substituents is 1. The Bertz CT molecular complexity index is 660. The number of hydrogen-bond acceptors (Lipinski definition) is 5. The van der Waals surface area contributed by atoms with Crippen molar-refractivity contribution in [3.63, 3.8) is 0 Å². The monoisotopic (exact) mass is 327 g/mol. The first kappa shape index (κ1) is 16.9. The number of nitrogens with zero attached hydrogens (tertiary/aromatic N) is 1. The molecule has 3 N–H and O–H groups in total. The molecule has 2 unspecified atom stereocenters. The van der Waals surface area contributed by atoms with Crippen LogP contribution in [0.1, 0.15) is 31.2 Å². The van der Waals surface area contributed by atoms with Gasteiger partial charge in [0.15, 0.2) is 0 Å². The predicted molar refractivity (Wildman–Crippen MR) is 83.0 cm³/mol. The molecule has 0 bridgehead atoms. The molecule has 2 rings (SSSR count). The van der Waals surface area contributed by atoms with Gasteiger partial charge in [0, 0.05) is 18.2 Å². The minimum atomic E-state index is -3.70. The molecule has 1 aromatic rings. The fourth-order valence-corrected chi connectivity index (χ4v) is 4.52. The van der Waals surface area contributed by atoms with Crippen LogP contribution in [-0.2, 0) is 10.0 Å². The van der Waals surface area contributed by atoms with Crippen LogP contribution in [0, 0.1) is 23.0 Å². The zero-order valence-electron chi connectivity index (χ0n) is 12.5. The molecule has 0 aliphatic heterocycles. The molecule has 1 saturated carbocycles. The normalized spacial score (nSPS) is 22.5. The zero-order valence-corrected chi connectivity index (χ0v) is 13.3. The highest BCUT2D eigenvalue weighted by Gasteiger charge is 2.29. The second kappa shape index (κ2) is 6.72. The Labute approximate surface area is 130 Å². The van der Waals surface area contributed by atoms with Gasteiger partial charge >= 0.3 is 0 Å². The number of nitro groups is 1. The Hall–Kier alpha value is -1.51. The van der Waals surface area contributed by atoms with E-state index in [-0.39, 0.29) is 22.5 Å². The van der Waals surface area contributed by atoms with Crippen LogP contribution < -0.4 is 10.5 Å². The fraction of sp³-hybridized carbons (Fsp3) is 0.571. The largest absolute Gasteiger partial charge is 0.330 e. The van der Waals surface area contributed by atoms with E-state index in [2.05, 4.69) is 4.72 Å². The van der Waals surface area contributed by atoms with Crippen molar-refractivity contribution in [3.8, 4) is 0 Å². The molecule has 0 radical (unpaired) electrons. The summed E-state index contributed by atoms with van der Waals surface area (Å²) >= 11 is 0. The van der Waals surface area contributed by atoms with Gasteiger partial charge in [-0.1, -0.05) is 12.8 Å². The number of hydrogen-bond donors (Lipinski definition) is 2. The third kappa shape index (κ3) is 3.63. The lowest BCUT2D eigenvalue weighted by Gasteiger charge is -2.31. The summed E-state index contributed by atoms with van der Waals surface area (Å²) in [6.45, 7) is 2.01. The maximum atomic E-state index is 12.5. The number of rotatable bonds is 5. The van der Waals surface area contributed by atoms with Crippen LogP contribution in [0.3, 0.4) is 0 Å². The molecule has 0 heterocycles. The van der Waals surface area contributed by atoms with E-state index < -0.39 is 14.9 Å². The number of nitrogens with one attached hydrogen (secondary N) is 1. The number of aryl methyl sites for hydroxylation is 1. The van der Waals surface area contributed by atoms with Crippen molar-refractivity contribution in [1.82, 2.24) is 4.72 Å². The molecule has 0 aromatic heterocycles. The maximum Gasteiger partial charge on any atom is 0.269 e. The van der Waals surface area contributed by atoms with Gasteiger partial charge in [-0.3, -0.25) is 10.1 Å². The van der Waals surface area contributed by atoms with E-state index in [1.54, 1.807) is 6.92 Å². The smallest absolute Gasteiger partial charge is 0.269 e. The number of benzene rings is 1. The van der Waals surface area contributed by atoms with Gasteiger partial charge in [0.2, 0.25) is 10.0 Å². The van der Waals surface area contributed by atoms with Crippen LogP contribution in [0.2, 0.25) is 0 Å².